The van der Waals surface area contributed by atoms with Gasteiger partial charge in [-0.1, -0.05) is 215 Å². The summed E-state index contributed by atoms with van der Waals surface area (Å²) < 4.78 is 0. The summed E-state index contributed by atoms with van der Waals surface area (Å²) in [5.74, 6) is -0.890. The SMILES string of the molecule is CCCCCCC(O)(CCCCCC)[C@@H](NC(=O)C(C)(C)C(=O)N[C@@H](c1cccc2ccccc12)C(O)(CCCCCC)CCCCCC)c1cccc2ccccc12. The Balaban J connectivity index is 1.77. The number of hydrogen-bond donors (Lipinski definition) is 4. The van der Waals surface area contributed by atoms with E-state index in [1.54, 1.807) is 13.8 Å². The Bertz CT molecular complexity index is 1700. The Morgan fingerprint density at radius 2 is 0.763 bits per heavy atom. The van der Waals surface area contributed by atoms with Crippen LogP contribution in [-0.2, 0) is 9.59 Å². The average Bonchev–Trinajstić information content (AvgIpc) is 3.24. The summed E-state index contributed by atoms with van der Waals surface area (Å²) in [6.07, 6.45) is 18.3. The minimum atomic E-state index is -1.54. The highest BCUT2D eigenvalue weighted by Crippen LogP contribution is 2.41. The molecule has 2 amide bonds. The molecule has 0 unspecified atom stereocenters. The van der Waals surface area contributed by atoms with E-state index in [4.69, 9.17) is 0 Å². The van der Waals surface area contributed by atoms with Gasteiger partial charge < -0.3 is 20.8 Å². The lowest BCUT2D eigenvalue weighted by molar-refractivity contribution is -0.145. The molecule has 0 saturated carbocycles. The number of unbranched alkanes of at least 4 members (excludes halogenated alkanes) is 12. The van der Waals surface area contributed by atoms with Gasteiger partial charge in [0.25, 0.3) is 0 Å². The second kappa shape index (κ2) is 23.9. The third-order valence-corrected chi connectivity index (χ3v) is 12.9. The van der Waals surface area contributed by atoms with Crippen LogP contribution in [0.1, 0.15) is 193 Å². The zero-order valence-corrected chi connectivity index (χ0v) is 37.6. The number of fused-ring (bicyclic) bond motifs is 2. The highest BCUT2D eigenvalue weighted by atomic mass is 16.3. The molecule has 6 heteroatoms. The Morgan fingerprint density at radius 3 is 1.08 bits per heavy atom. The lowest BCUT2D eigenvalue weighted by Crippen LogP contribution is -2.55. The molecule has 0 aliphatic rings. The molecule has 0 aliphatic carbocycles. The van der Waals surface area contributed by atoms with Gasteiger partial charge in [0.05, 0.1) is 23.3 Å². The van der Waals surface area contributed by atoms with Gasteiger partial charge in [-0.2, -0.15) is 0 Å². The molecule has 4 aromatic carbocycles. The predicted octanol–water partition coefficient (Wildman–Crippen LogP) is 13.4. The van der Waals surface area contributed by atoms with Crippen molar-refractivity contribution in [2.45, 2.75) is 193 Å². The van der Waals surface area contributed by atoms with Gasteiger partial charge in [0.15, 0.2) is 0 Å². The van der Waals surface area contributed by atoms with E-state index in [0.717, 1.165) is 135 Å². The number of rotatable bonds is 28. The molecule has 4 N–H and O–H groups in total. The fraction of sp³-hybridized carbons (Fsp3) is 0.585. The molecule has 59 heavy (non-hydrogen) atoms. The molecule has 0 spiro atoms. The van der Waals surface area contributed by atoms with E-state index in [1.165, 1.54) is 0 Å². The molecule has 0 aliphatic heterocycles. The first kappa shape index (κ1) is 47.9. The number of amides is 2. The van der Waals surface area contributed by atoms with E-state index >= 15 is 0 Å². The van der Waals surface area contributed by atoms with Crippen LogP contribution in [0.25, 0.3) is 21.5 Å². The van der Waals surface area contributed by atoms with E-state index in [9.17, 15) is 19.8 Å². The fourth-order valence-electron chi connectivity index (χ4n) is 8.99. The van der Waals surface area contributed by atoms with Crippen LogP contribution in [0.5, 0.6) is 0 Å². The van der Waals surface area contributed by atoms with E-state index < -0.39 is 40.5 Å². The van der Waals surface area contributed by atoms with Crippen LogP contribution in [0, 0.1) is 5.41 Å². The summed E-state index contributed by atoms with van der Waals surface area (Å²) in [5, 5.41) is 36.6. The zero-order valence-electron chi connectivity index (χ0n) is 37.6. The first-order valence-corrected chi connectivity index (χ1v) is 23.5. The topological polar surface area (TPSA) is 98.7 Å². The molecular weight excluding hydrogens is 729 g/mol. The Kier molecular flexibility index (Phi) is 19.4. The Hall–Kier alpha value is -3.74. The van der Waals surface area contributed by atoms with Gasteiger partial charge in [0, 0.05) is 0 Å². The highest BCUT2D eigenvalue weighted by molar-refractivity contribution is 6.05. The van der Waals surface area contributed by atoms with Crippen LogP contribution < -0.4 is 10.6 Å². The molecule has 6 nitrogen and oxygen atoms in total. The van der Waals surface area contributed by atoms with E-state index in [-0.39, 0.29) is 0 Å². The van der Waals surface area contributed by atoms with Gasteiger partial charge in [0.2, 0.25) is 11.8 Å². The molecular formula is C53H78N2O4. The van der Waals surface area contributed by atoms with Crippen LogP contribution >= 0.6 is 0 Å². The fourth-order valence-corrected chi connectivity index (χ4v) is 8.99. The van der Waals surface area contributed by atoms with Crippen LogP contribution in [-0.4, -0.2) is 33.2 Å². The number of hydrogen-bond acceptors (Lipinski definition) is 4. The maximum atomic E-state index is 14.9. The monoisotopic (exact) mass is 807 g/mol. The second-order valence-electron chi connectivity index (χ2n) is 18.0. The maximum Gasteiger partial charge on any atom is 0.235 e. The maximum absolute atomic E-state index is 14.9. The molecule has 0 heterocycles. The van der Waals surface area contributed by atoms with Crippen molar-refractivity contribution in [2.75, 3.05) is 0 Å². The van der Waals surface area contributed by atoms with Gasteiger partial charge in [-0.3, -0.25) is 9.59 Å². The van der Waals surface area contributed by atoms with Crippen LogP contribution in [0.2, 0.25) is 0 Å². The molecule has 0 fully saturated rings. The first-order chi connectivity index (χ1) is 28.5. The number of benzene rings is 4. The normalized spacial score (nSPS) is 13.4. The third-order valence-electron chi connectivity index (χ3n) is 12.9. The number of nitrogens with one attached hydrogen (secondary N) is 2. The number of carbonyl (C=O) groups is 2. The van der Waals surface area contributed by atoms with Gasteiger partial charge >= 0.3 is 0 Å². The summed E-state index contributed by atoms with van der Waals surface area (Å²) in [4.78, 5) is 29.9. The molecule has 4 aromatic rings. The van der Waals surface area contributed by atoms with Crippen molar-refractivity contribution in [2.24, 2.45) is 5.41 Å². The molecule has 4 rings (SSSR count). The summed E-state index contributed by atoms with van der Waals surface area (Å²) in [6.45, 7) is 12.1. The molecule has 324 valence electrons. The summed E-state index contributed by atoms with van der Waals surface area (Å²) in [6, 6.07) is 27.0. The summed E-state index contributed by atoms with van der Waals surface area (Å²) in [5.41, 5.74) is -2.26. The minimum Gasteiger partial charge on any atom is -0.387 e. The zero-order chi connectivity index (χ0) is 42.7. The smallest absolute Gasteiger partial charge is 0.235 e. The van der Waals surface area contributed by atoms with Crippen molar-refractivity contribution in [3.05, 3.63) is 96.1 Å². The van der Waals surface area contributed by atoms with Crippen LogP contribution in [0.15, 0.2) is 84.9 Å². The van der Waals surface area contributed by atoms with E-state index in [2.05, 4.69) is 74.7 Å². The van der Waals surface area contributed by atoms with Crippen molar-refractivity contribution in [3.63, 3.8) is 0 Å². The van der Waals surface area contributed by atoms with Crippen molar-refractivity contribution in [1.82, 2.24) is 10.6 Å². The van der Waals surface area contributed by atoms with E-state index in [0.29, 0.717) is 25.7 Å². The molecule has 0 radical (unpaired) electrons. The molecule has 0 aromatic heterocycles. The van der Waals surface area contributed by atoms with Crippen molar-refractivity contribution in [3.8, 4) is 0 Å². The Morgan fingerprint density at radius 1 is 0.458 bits per heavy atom. The van der Waals surface area contributed by atoms with Crippen molar-refractivity contribution >= 4 is 33.4 Å². The highest BCUT2D eigenvalue weighted by Gasteiger charge is 2.46. The number of carbonyl (C=O) groups excluding carboxylic acids is 2. The van der Waals surface area contributed by atoms with Crippen molar-refractivity contribution < 1.29 is 19.8 Å². The second-order valence-corrected chi connectivity index (χ2v) is 18.0. The lowest BCUT2D eigenvalue weighted by atomic mass is 9.77. The van der Waals surface area contributed by atoms with Gasteiger partial charge in [-0.15, -0.1) is 0 Å². The lowest BCUT2D eigenvalue weighted by Gasteiger charge is -2.41. The standard InChI is InChI=1S/C53H78N2O4/c1-7-11-15-23-37-52(58,38-24-16-12-8-2)47(45-35-27-31-41-29-19-21-33-43(41)45)54-49(56)51(5,6)50(57)55-48(46-36-28-32-42-30-20-22-34-44(42)46)53(59,39-25-17-13-9-3)40-26-18-14-10-4/h19-22,27-36,47-48,58-59H,7-18,23-26,37-40H2,1-6H3,(H,54,56)(H,55,57)/t47-,48-/m0/s1. The first-order valence-electron chi connectivity index (χ1n) is 23.5. The van der Waals surface area contributed by atoms with Gasteiger partial charge in [-0.25, -0.2) is 0 Å². The summed E-state index contributed by atoms with van der Waals surface area (Å²) in [7, 11) is 0. The third kappa shape index (κ3) is 13.1. The van der Waals surface area contributed by atoms with Gasteiger partial charge in [-0.05, 0) is 72.2 Å². The summed E-state index contributed by atoms with van der Waals surface area (Å²) >= 11 is 0. The van der Waals surface area contributed by atoms with Gasteiger partial charge in [0.1, 0.15) is 5.41 Å². The number of aliphatic hydroxyl groups is 2. The molecule has 2 atom stereocenters. The van der Waals surface area contributed by atoms with Crippen molar-refractivity contribution in [1.29, 1.82) is 0 Å². The average molecular weight is 807 g/mol. The molecule has 0 bridgehead atoms. The van der Waals surface area contributed by atoms with Crippen LogP contribution in [0.4, 0.5) is 0 Å². The largest absolute Gasteiger partial charge is 0.387 e. The quantitative estimate of drug-likeness (QED) is 0.0339. The minimum absolute atomic E-state index is 0.445. The Labute approximate surface area is 357 Å². The van der Waals surface area contributed by atoms with Crippen LogP contribution in [0.3, 0.4) is 0 Å². The molecule has 0 saturated heterocycles. The van der Waals surface area contributed by atoms with E-state index in [1.807, 2.05) is 48.5 Å². The predicted molar refractivity (Wildman–Crippen MR) is 248 cm³/mol.